The molecule has 1 aromatic carbocycles. The molecule has 0 spiro atoms. The number of hydrogen-bond acceptors (Lipinski definition) is 3. The number of hydrogen-bond donors (Lipinski definition) is 0. The SMILES string of the molecule is COC(=O)CCc1cc(C(C)(C)C)c(OP(Cl)Cl)c(C(C)(C)C)c1. The van der Waals surface area contributed by atoms with Crippen LogP contribution in [0.15, 0.2) is 12.1 Å². The average molecular weight is 393 g/mol. The summed E-state index contributed by atoms with van der Waals surface area (Å²) in [5.74, 6) is 0.544. The molecule has 0 aromatic heterocycles. The second-order valence-corrected chi connectivity index (χ2v) is 10.8. The van der Waals surface area contributed by atoms with Gasteiger partial charge in [-0.25, -0.2) is 0 Å². The summed E-state index contributed by atoms with van der Waals surface area (Å²) in [6.45, 7) is 11.2. The van der Waals surface area contributed by atoms with Crippen molar-refractivity contribution < 1.29 is 14.1 Å². The fraction of sp³-hybridized carbons (Fsp3) is 0.611. The predicted molar refractivity (Wildman–Crippen MR) is 103 cm³/mol. The van der Waals surface area contributed by atoms with Crippen LogP contribution in [0.3, 0.4) is 0 Å². The molecule has 0 amide bonds. The van der Waals surface area contributed by atoms with E-state index in [1.54, 1.807) is 0 Å². The molecule has 0 atom stereocenters. The van der Waals surface area contributed by atoms with Gasteiger partial charge < -0.3 is 9.26 Å². The quantitative estimate of drug-likeness (QED) is 0.425. The molecule has 0 fully saturated rings. The van der Waals surface area contributed by atoms with Gasteiger partial charge in [-0.15, -0.1) is 0 Å². The second-order valence-electron chi connectivity index (χ2n) is 7.89. The van der Waals surface area contributed by atoms with Gasteiger partial charge in [0.25, 0.3) is 6.85 Å². The number of carbonyl (C=O) groups excluding carboxylic acids is 1. The molecule has 136 valence electrons. The molecule has 0 unspecified atom stereocenters. The van der Waals surface area contributed by atoms with E-state index in [4.69, 9.17) is 31.7 Å². The second kappa shape index (κ2) is 8.25. The molecule has 0 radical (unpaired) electrons. The Balaban J connectivity index is 3.48. The van der Waals surface area contributed by atoms with Crippen LogP contribution in [0.25, 0.3) is 0 Å². The van der Waals surface area contributed by atoms with Crippen molar-refractivity contribution in [2.45, 2.75) is 65.2 Å². The third-order valence-corrected chi connectivity index (χ3v) is 4.51. The standard InChI is InChI=1S/C18H27Cl2O3P/c1-17(2,3)13-10-12(8-9-15(21)22-7)11-14(18(4,5)6)16(13)23-24(19)20/h10-11H,8-9H2,1-7H3. The smallest absolute Gasteiger partial charge is 0.305 e. The summed E-state index contributed by atoms with van der Waals surface area (Å²) in [6, 6.07) is 4.17. The lowest BCUT2D eigenvalue weighted by molar-refractivity contribution is -0.140. The third kappa shape index (κ3) is 6.10. The zero-order chi connectivity index (χ0) is 18.7. The maximum absolute atomic E-state index is 11.5. The van der Waals surface area contributed by atoms with Crippen LogP contribution in [0.4, 0.5) is 0 Å². The van der Waals surface area contributed by atoms with E-state index in [0.717, 1.165) is 22.4 Å². The minimum absolute atomic E-state index is 0.143. The summed E-state index contributed by atoms with van der Waals surface area (Å²) < 4.78 is 10.6. The van der Waals surface area contributed by atoms with Crippen molar-refractivity contribution in [1.82, 2.24) is 0 Å². The highest BCUT2D eigenvalue weighted by atomic mass is 35.9. The van der Waals surface area contributed by atoms with Crippen LogP contribution >= 0.6 is 29.3 Å². The van der Waals surface area contributed by atoms with Gasteiger partial charge in [0.1, 0.15) is 5.75 Å². The highest BCUT2D eigenvalue weighted by Gasteiger charge is 2.29. The van der Waals surface area contributed by atoms with Gasteiger partial charge in [0.05, 0.1) is 7.11 Å². The molecule has 0 bridgehead atoms. The van der Waals surface area contributed by atoms with E-state index in [0.29, 0.717) is 12.8 Å². The van der Waals surface area contributed by atoms with Crippen LogP contribution in [0.2, 0.25) is 0 Å². The Morgan fingerprint density at radius 2 is 1.50 bits per heavy atom. The zero-order valence-electron chi connectivity index (χ0n) is 15.5. The number of methoxy groups -OCH3 is 1. The lowest BCUT2D eigenvalue weighted by atomic mass is 9.78. The van der Waals surface area contributed by atoms with Crippen LogP contribution in [-0.4, -0.2) is 13.1 Å². The van der Waals surface area contributed by atoms with Crippen LogP contribution in [0, 0.1) is 0 Å². The van der Waals surface area contributed by atoms with E-state index in [1.165, 1.54) is 7.11 Å². The molecule has 0 aliphatic heterocycles. The average Bonchev–Trinajstić information content (AvgIpc) is 2.42. The first kappa shape index (κ1) is 21.5. The molecule has 0 N–H and O–H groups in total. The molecule has 1 rings (SSSR count). The van der Waals surface area contributed by atoms with E-state index < -0.39 is 6.85 Å². The minimum atomic E-state index is -1.56. The van der Waals surface area contributed by atoms with E-state index in [-0.39, 0.29) is 16.8 Å². The van der Waals surface area contributed by atoms with Gasteiger partial charge in [0, 0.05) is 17.5 Å². The topological polar surface area (TPSA) is 35.5 Å². The Hall–Kier alpha value is -0.500. The van der Waals surface area contributed by atoms with E-state index >= 15 is 0 Å². The number of aryl methyl sites for hydroxylation is 1. The predicted octanol–water partition coefficient (Wildman–Crippen LogP) is 6.47. The Bertz CT molecular complexity index is 552. The summed E-state index contributed by atoms with van der Waals surface area (Å²) in [6.07, 6.45) is 0.969. The monoisotopic (exact) mass is 392 g/mol. The maximum Gasteiger partial charge on any atom is 0.305 e. The highest BCUT2D eigenvalue weighted by molar-refractivity contribution is 8.00. The van der Waals surface area contributed by atoms with Crippen molar-refractivity contribution in [2.75, 3.05) is 7.11 Å². The number of esters is 1. The summed E-state index contributed by atoms with van der Waals surface area (Å²) in [7, 11) is 1.41. The van der Waals surface area contributed by atoms with Crippen LogP contribution in [0.1, 0.15) is 64.7 Å². The van der Waals surface area contributed by atoms with Crippen LogP contribution in [-0.2, 0) is 26.8 Å². The summed E-state index contributed by atoms with van der Waals surface area (Å²) >= 11 is 11.9. The van der Waals surface area contributed by atoms with Crippen molar-refractivity contribution in [3.8, 4) is 5.75 Å². The lowest BCUT2D eigenvalue weighted by Crippen LogP contribution is -2.19. The molecule has 0 heterocycles. The normalized spacial score (nSPS) is 12.4. The minimum Gasteiger partial charge on any atom is -0.469 e. The molecule has 0 aliphatic carbocycles. The maximum atomic E-state index is 11.5. The Morgan fingerprint density at radius 1 is 1.04 bits per heavy atom. The molecule has 6 heteroatoms. The van der Waals surface area contributed by atoms with Gasteiger partial charge >= 0.3 is 5.97 Å². The fourth-order valence-electron chi connectivity index (χ4n) is 2.46. The molecular formula is C18H27Cl2O3P. The van der Waals surface area contributed by atoms with E-state index in [2.05, 4.69) is 53.7 Å². The largest absolute Gasteiger partial charge is 0.469 e. The van der Waals surface area contributed by atoms with E-state index in [9.17, 15) is 4.79 Å². The Labute approximate surface area is 156 Å². The van der Waals surface area contributed by atoms with Gasteiger partial charge in [-0.1, -0.05) is 53.7 Å². The number of halogens is 2. The number of benzene rings is 1. The van der Waals surface area contributed by atoms with Crippen molar-refractivity contribution in [1.29, 1.82) is 0 Å². The van der Waals surface area contributed by atoms with Crippen molar-refractivity contribution in [3.63, 3.8) is 0 Å². The fourth-order valence-corrected chi connectivity index (χ4v) is 3.21. The molecular weight excluding hydrogens is 366 g/mol. The van der Waals surface area contributed by atoms with Gasteiger partial charge in [0.2, 0.25) is 0 Å². The summed E-state index contributed by atoms with van der Waals surface area (Å²) in [4.78, 5) is 11.5. The number of ether oxygens (including phenoxy) is 1. The van der Waals surface area contributed by atoms with Crippen LogP contribution < -0.4 is 4.52 Å². The van der Waals surface area contributed by atoms with Crippen LogP contribution in [0.5, 0.6) is 5.75 Å². The van der Waals surface area contributed by atoms with Gasteiger partial charge in [-0.3, -0.25) is 4.79 Å². The van der Waals surface area contributed by atoms with Gasteiger partial charge in [-0.2, -0.15) is 0 Å². The molecule has 0 saturated carbocycles. The molecule has 24 heavy (non-hydrogen) atoms. The summed E-state index contributed by atoms with van der Waals surface area (Å²) in [5.41, 5.74) is 2.88. The Morgan fingerprint density at radius 3 is 1.83 bits per heavy atom. The lowest BCUT2D eigenvalue weighted by Gasteiger charge is -2.30. The summed E-state index contributed by atoms with van der Waals surface area (Å²) in [5, 5.41) is 0. The van der Waals surface area contributed by atoms with Gasteiger partial charge in [0.15, 0.2) is 0 Å². The van der Waals surface area contributed by atoms with Gasteiger partial charge in [-0.05, 0) is 45.3 Å². The van der Waals surface area contributed by atoms with Crippen molar-refractivity contribution in [3.05, 3.63) is 28.8 Å². The third-order valence-electron chi connectivity index (χ3n) is 3.77. The molecule has 1 aromatic rings. The zero-order valence-corrected chi connectivity index (χ0v) is 17.9. The number of carbonyl (C=O) groups is 1. The Kier molecular flexibility index (Phi) is 7.41. The van der Waals surface area contributed by atoms with Crippen molar-refractivity contribution in [2.24, 2.45) is 0 Å². The highest BCUT2D eigenvalue weighted by Crippen LogP contribution is 2.52. The first-order chi connectivity index (χ1) is 10.9. The first-order valence-electron chi connectivity index (χ1n) is 7.90. The number of rotatable bonds is 5. The molecule has 3 nitrogen and oxygen atoms in total. The van der Waals surface area contributed by atoms with E-state index in [1.807, 2.05) is 0 Å². The first-order valence-corrected chi connectivity index (χ1v) is 11.0. The molecule has 0 saturated heterocycles. The van der Waals surface area contributed by atoms with Crippen molar-refractivity contribution >= 4 is 35.3 Å². The molecule has 0 aliphatic rings.